The van der Waals surface area contributed by atoms with Crippen LogP contribution in [0.5, 0.6) is 0 Å². The second kappa shape index (κ2) is 12.9. The number of piperazine rings is 1. The highest BCUT2D eigenvalue weighted by molar-refractivity contribution is 14.0. The van der Waals surface area contributed by atoms with Gasteiger partial charge >= 0.3 is 0 Å². The summed E-state index contributed by atoms with van der Waals surface area (Å²) in [6.45, 7) is 10.6. The van der Waals surface area contributed by atoms with E-state index in [2.05, 4.69) is 20.5 Å². The average Bonchev–Trinajstić information content (AvgIpc) is 2.72. The minimum Gasteiger partial charge on any atom is -0.377 e. The molecule has 0 bridgehead atoms. The Bertz CT molecular complexity index is 676. The van der Waals surface area contributed by atoms with Crippen molar-refractivity contribution in [1.29, 1.82) is 0 Å². The topological polar surface area (TPSA) is 69.2 Å². The monoisotopic (exact) mass is 535 g/mol. The molecule has 1 amide bonds. The van der Waals surface area contributed by atoms with Crippen LogP contribution in [0.4, 0.5) is 10.1 Å². The van der Waals surface area contributed by atoms with E-state index in [0.717, 1.165) is 25.3 Å². The van der Waals surface area contributed by atoms with Gasteiger partial charge in [0.15, 0.2) is 5.96 Å². The molecule has 1 aromatic rings. The van der Waals surface area contributed by atoms with Crippen molar-refractivity contribution in [3.63, 3.8) is 0 Å². The zero-order valence-corrected chi connectivity index (χ0v) is 20.7. The molecule has 9 heteroatoms. The van der Waals surface area contributed by atoms with E-state index in [1.54, 1.807) is 19.2 Å². The summed E-state index contributed by atoms with van der Waals surface area (Å²) in [6, 6.07) is 6.50. The minimum absolute atomic E-state index is 0. The molecule has 170 valence electrons. The van der Waals surface area contributed by atoms with Crippen LogP contribution in [0.1, 0.15) is 27.2 Å². The second-order valence-corrected chi connectivity index (χ2v) is 7.68. The summed E-state index contributed by atoms with van der Waals surface area (Å²) in [6.07, 6.45) is 0.411. The van der Waals surface area contributed by atoms with E-state index >= 15 is 0 Å². The smallest absolute Gasteiger partial charge is 0.224 e. The van der Waals surface area contributed by atoms with Gasteiger partial charge in [0.1, 0.15) is 5.82 Å². The predicted octanol–water partition coefficient (Wildman–Crippen LogP) is 2.46. The maximum Gasteiger partial charge on any atom is 0.224 e. The van der Waals surface area contributed by atoms with Crippen LogP contribution in [-0.2, 0) is 9.53 Å². The lowest BCUT2D eigenvalue weighted by Crippen LogP contribution is -2.49. The van der Waals surface area contributed by atoms with E-state index in [0.29, 0.717) is 38.6 Å². The Hall–Kier alpha value is -1.62. The molecule has 1 aliphatic heterocycles. The number of benzene rings is 1. The largest absolute Gasteiger partial charge is 0.377 e. The number of carbonyl (C=O) groups is 1. The van der Waals surface area contributed by atoms with Gasteiger partial charge in [0.2, 0.25) is 5.91 Å². The van der Waals surface area contributed by atoms with Crippen molar-refractivity contribution in [3.8, 4) is 0 Å². The van der Waals surface area contributed by atoms with Crippen LogP contribution in [-0.4, -0.2) is 75.3 Å². The molecule has 1 saturated heterocycles. The van der Waals surface area contributed by atoms with Crippen LogP contribution in [0.25, 0.3) is 0 Å². The van der Waals surface area contributed by atoms with Crippen LogP contribution in [0.15, 0.2) is 29.3 Å². The first-order valence-electron chi connectivity index (χ1n) is 10.2. The first-order chi connectivity index (χ1) is 13.8. The summed E-state index contributed by atoms with van der Waals surface area (Å²) in [5.74, 6) is 0.581. The van der Waals surface area contributed by atoms with Gasteiger partial charge in [-0.05, 0) is 45.0 Å². The maximum atomic E-state index is 13.1. The van der Waals surface area contributed by atoms with Gasteiger partial charge in [0, 0.05) is 58.5 Å². The van der Waals surface area contributed by atoms with E-state index in [1.165, 1.54) is 12.1 Å². The fourth-order valence-corrected chi connectivity index (χ4v) is 2.99. The standard InChI is InChI=1S/C21H34FN5O2.HI/c1-5-23-20(25-16-21(2,3)29-4)24-11-10-19(28)27-14-12-26(13-15-27)18-8-6-17(22)7-9-18;/h6-9H,5,10-16H2,1-4H3,(H2,23,24,25);1H. The molecule has 0 unspecified atom stereocenters. The molecule has 1 heterocycles. The van der Waals surface area contributed by atoms with E-state index in [-0.39, 0.29) is 41.3 Å². The Balaban J connectivity index is 0.00000450. The molecule has 7 nitrogen and oxygen atoms in total. The fourth-order valence-electron chi connectivity index (χ4n) is 2.99. The normalized spacial score (nSPS) is 14.9. The van der Waals surface area contributed by atoms with Crippen molar-refractivity contribution in [2.24, 2.45) is 4.99 Å². The second-order valence-electron chi connectivity index (χ2n) is 7.68. The zero-order chi connectivity index (χ0) is 21.3. The predicted molar refractivity (Wildman–Crippen MR) is 130 cm³/mol. The lowest BCUT2D eigenvalue weighted by molar-refractivity contribution is -0.131. The Labute approximate surface area is 196 Å². The number of methoxy groups -OCH3 is 1. The minimum atomic E-state index is -0.331. The third-order valence-corrected chi connectivity index (χ3v) is 4.97. The van der Waals surface area contributed by atoms with Gasteiger partial charge in [-0.1, -0.05) is 0 Å². The van der Waals surface area contributed by atoms with Crippen LogP contribution in [0.3, 0.4) is 0 Å². The number of anilines is 1. The van der Waals surface area contributed by atoms with Crippen molar-refractivity contribution in [2.45, 2.75) is 32.8 Å². The number of hydrogen-bond acceptors (Lipinski definition) is 4. The van der Waals surface area contributed by atoms with Gasteiger partial charge in [-0.2, -0.15) is 0 Å². The van der Waals surface area contributed by atoms with Gasteiger partial charge in [-0.15, -0.1) is 24.0 Å². The molecule has 2 N–H and O–H groups in total. The van der Waals surface area contributed by atoms with Crippen LogP contribution >= 0.6 is 24.0 Å². The molecule has 0 spiro atoms. The number of amides is 1. The van der Waals surface area contributed by atoms with Gasteiger partial charge in [-0.3, -0.25) is 9.79 Å². The number of nitrogens with zero attached hydrogens (tertiary/aromatic N) is 3. The van der Waals surface area contributed by atoms with E-state index < -0.39 is 0 Å². The summed E-state index contributed by atoms with van der Waals surface area (Å²) in [4.78, 5) is 21.1. The maximum absolute atomic E-state index is 13.1. The summed E-state index contributed by atoms with van der Waals surface area (Å²) < 4.78 is 18.5. The van der Waals surface area contributed by atoms with E-state index in [4.69, 9.17) is 4.74 Å². The molecule has 1 aromatic carbocycles. The summed E-state index contributed by atoms with van der Waals surface area (Å²) in [7, 11) is 1.67. The lowest BCUT2D eigenvalue weighted by atomic mass is 10.1. The Morgan fingerprint density at radius 2 is 1.80 bits per heavy atom. The Morgan fingerprint density at radius 3 is 2.37 bits per heavy atom. The number of rotatable bonds is 8. The third-order valence-electron chi connectivity index (χ3n) is 4.97. The molecule has 0 radical (unpaired) electrons. The van der Waals surface area contributed by atoms with Crippen molar-refractivity contribution in [3.05, 3.63) is 30.1 Å². The van der Waals surface area contributed by atoms with E-state index in [1.807, 2.05) is 25.7 Å². The first kappa shape index (κ1) is 26.4. The zero-order valence-electron chi connectivity index (χ0n) is 18.4. The van der Waals surface area contributed by atoms with Crippen molar-refractivity contribution >= 4 is 41.5 Å². The fraction of sp³-hybridized carbons (Fsp3) is 0.619. The first-order valence-corrected chi connectivity index (χ1v) is 10.2. The summed E-state index contributed by atoms with van der Waals surface area (Å²) in [5.41, 5.74) is 0.660. The summed E-state index contributed by atoms with van der Waals surface area (Å²) >= 11 is 0. The van der Waals surface area contributed by atoms with E-state index in [9.17, 15) is 9.18 Å². The lowest BCUT2D eigenvalue weighted by Gasteiger charge is -2.36. The highest BCUT2D eigenvalue weighted by Crippen LogP contribution is 2.17. The quantitative estimate of drug-likeness (QED) is 0.304. The van der Waals surface area contributed by atoms with Gasteiger partial charge in [0.05, 0.1) is 12.1 Å². The molecule has 0 saturated carbocycles. The SMILES string of the molecule is CCNC(=NCC(C)(C)OC)NCCC(=O)N1CCN(c2ccc(F)cc2)CC1.I. The highest BCUT2D eigenvalue weighted by atomic mass is 127. The molecule has 0 aromatic heterocycles. The Kier molecular flexibility index (Phi) is 11.4. The van der Waals surface area contributed by atoms with Crippen molar-refractivity contribution in [1.82, 2.24) is 15.5 Å². The number of guanidine groups is 1. The molecule has 1 aliphatic rings. The molecule has 30 heavy (non-hydrogen) atoms. The van der Waals surface area contributed by atoms with Crippen molar-refractivity contribution < 1.29 is 13.9 Å². The van der Waals surface area contributed by atoms with Crippen LogP contribution in [0, 0.1) is 5.82 Å². The number of carbonyl (C=O) groups excluding carboxylic acids is 1. The molecular weight excluding hydrogens is 500 g/mol. The number of hydrogen-bond donors (Lipinski definition) is 2. The molecule has 0 atom stereocenters. The molecular formula is C21H35FIN5O2. The highest BCUT2D eigenvalue weighted by Gasteiger charge is 2.21. The van der Waals surface area contributed by atoms with Crippen molar-refractivity contribution in [2.75, 3.05) is 57.8 Å². The van der Waals surface area contributed by atoms with Crippen LogP contribution in [0.2, 0.25) is 0 Å². The number of nitrogens with one attached hydrogen (secondary N) is 2. The van der Waals surface area contributed by atoms with Gasteiger partial charge < -0.3 is 25.2 Å². The third kappa shape index (κ3) is 8.63. The van der Waals surface area contributed by atoms with Gasteiger partial charge in [-0.25, -0.2) is 4.39 Å². The molecule has 1 fully saturated rings. The van der Waals surface area contributed by atoms with Gasteiger partial charge in [0.25, 0.3) is 0 Å². The summed E-state index contributed by atoms with van der Waals surface area (Å²) in [5, 5.41) is 6.40. The molecule has 0 aliphatic carbocycles. The van der Waals surface area contributed by atoms with Crippen LogP contribution < -0.4 is 15.5 Å². The number of aliphatic imine (C=N–C) groups is 1. The number of ether oxygens (including phenoxy) is 1. The average molecular weight is 535 g/mol. The Morgan fingerprint density at radius 1 is 1.17 bits per heavy atom. The number of halogens is 2. The molecule has 2 rings (SSSR count).